The van der Waals surface area contributed by atoms with Crippen molar-refractivity contribution in [1.29, 1.82) is 5.26 Å². The molecule has 0 saturated heterocycles. The molecule has 90 valence electrons. The first-order valence-electron chi connectivity index (χ1n) is 6.37. The summed E-state index contributed by atoms with van der Waals surface area (Å²) >= 11 is 0. The van der Waals surface area contributed by atoms with Gasteiger partial charge in [0.25, 0.3) is 0 Å². The summed E-state index contributed by atoms with van der Waals surface area (Å²) in [5.74, 6) is 0. The predicted octanol–water partition coefficient (Wildman–Crippen LogP) is 3.29. The van der Waals surface area contributed by atoms with E-state index in [0.717, 1.165) is 24.0 Å². The van der Waals surface area contributed by atoms with Gasteiger partial charge in [-0.15, -0.1) is 0 Å². The van der Waals surface area contributed by atoms with Gasteiger partial charge in [0.1, 0.15) is 0 Å². The molecule has 2 N–H and O–H groups in total. The maximum absolute atomic E-state index is 9.13. The molecule has 0 aliphatic heterocycles. The van der Waals surface area contributed by atoms with Crippen LogP contribution in [0, 0.1) is 25.2 Å². The van der Waals surface area contributed by atoms with Crippen LogP contribution >= 0.6 is 0 Å². The standard InChI is InChI=1S/C15H20N2/c1-11-8-12(2)14(9-13(11)10-16)15(17)6-4-3-5-7-15/h8-9H,3-7,17H2,1-2H3. The third kappa shape index (κ3) is 2.21. The second kappa shape index (κ2) is 4.50. The monoisotopic (exact) mass is 228 g/mol. The molecule has 1 aliphatic carbocycles. The van der Waals surface area contributed by atoms with Crippen molar-refractivity contribution >= 4 is 0 Å². The summed E-state index contributed by atoms with van der Waals surface area (Å²) in [5, 5.41) is 9.13. The normalized spacial score (nSPS) is 18.7. The minimum atomic E-state index is -0.207. The molecular formula is C15H20N2. The summed E-state index contributed by atoms with van der Waals surface area (Å²) in [5.41, 5.74) is 10.6. The highest BCUT2D eigenvalue weighted by atomic mass is 14.7. The largest absolute Gasteiger partial charge is 0.321 e. The SMILES string of the molecule is Cc1cc(C)c(C2(N)CCCCC2)cc1C#N. The first-order valence-corrected chi connectivity index (χ1v) is 6.37. The lowest BCUT2D eigenvalue weighted by Gasteiger charge is -2.35. The lowest BCUT2D eigenvalue weighted by Crippen LogP contribution is -2.39. The Morgan fingerprint density at radius 2 is 1.76 bits per heavy atom. The average molecular weight is 228 g/mol. The first kappa shape index (κ1) is 12.1. The molecule has 2 rings (SSSR count). The number of nitrogens with zero attached hydrogens (tertiary/aromatic N) is 1. The Morgan fingerprint density at radius 3 is 2.35 bits per heavy atom. The molecule has 1 saturated carbocycles. The van der Waals surface area contributed by atoms with Gasteiger partial charge in [0.15, 0.2) is 0 Å². The Morgan fingerprint density at radius 1 is 1.12 bits per heavy atom. The molecule has 2 heteroatoms. The topological polar surface area (TPSA) is 49.8 Å². The average Bonchev–Trinajstić information content (AvgIpc) is 2.30. The van der Waals surface area contributed by atoms with E-state index in [0.29, 0.717) is 0 Å². The van der Waals surface area contributed by atoms with Crippen molar-refractivity contribution in [2.24, 2.45) is 5.73 Å². The van der Waals surface area contributed by atoms with Crippen molar-refractivity contribution in [2.45, 2.75) is 51.5 Å². The fourth-order valence-electron chi connectivity index (χ4n) is 2.96. The van der Waals surface area contributed by atoms with Crippen LogP contribution in [0.1, 0.15) is 54.4 Å². The van der Waals surface area contributed by atoms with Crippen LogP contribution in [0.25, 0.3) is 0 Å². The molecule has 17 heavy (non-hydrogen) atoms. The molecule has 0 radical (unpaired) electrons. The van der Waals surface area contributed by atoms with Crippen LogP contribution in [0.15, 0.2) is 12.1 Å². The van der Waals surface area contributed by atoms with Crippen LogP contribution in [0.3, 0.4) is 0 Å². The molecule has 1 fully saturated rings. The van der Waals surface area contributed by atoms with Crippen molar-refractivity contribution in [3.8, 4) is 6.07 Å². The van der Waals surface area contributed by atoms with Crippen molar-refractivity contribution in [1.82, 2.24) is 0 Å². The van der Waals surface area contributed by atoms with Gasteiger partial charge < -0.3 is 5.73 Å². The summed E-state index contributed by atoms with van der Waals surface area (Å²) in [6.45, 7) is 4.09. The van der Waals surface area contributed by atoms with Crippen LogP contribution in [0.5, 0.6) is 0 Å². The quantitative estimate of drug-likeness (QED) is 0.801. The summed E-state index contributed by atoms with van der Waals surface area (Å²) in [6, 6.07) is 6.37. The lowest BCUT2D eigenvalue weighted by atomic mass is 9.75. The minimum Gasteiger partial charge on any atom is -0.321 e. The van der Waals surface area contributed by atoms with Gasteiger partial charge in [0, 0.05) is 5.54 Å². The maximum atomic E-state index is 9.13. The molecule has 0 heterocycles. The number of rotatable bonds is 1. The summed E-state index contributed by atoms with van der Waals surface area (Å²) in [6.07, 6.45) is 5.77. The number of nitrogens with two attached hydrogens (primary N) is 1. The number of aryl methyl sites for hydroxylation is 2. The van der Waals surface area contributed by atoms with Gasteiger partial charge in [-0.25, -0.2) is 0 Å². The zero-order valence-electron chi connectivity index (χ0n) is 10.7. The summed E-state index contributed by atoms with van der Waals surface area (Å²) < 4.78 is 0. The van der Waals surface area contributed by atoms with Crippen molar-refractivity contribution in [3.63, 3.8) is 0 Å². The van der Waals surface area contributed by atoms with E-state index in [1.807, 2.05) is 13.0 Å². The third-order valence-electron chi connectivity index (χ3n) is 3.97. The Hall–Kier alpha value is -1.33. The fourth-order valence-corrected chi connectivity index (χ4v) is 2.96. The minimum absolute atomic E-state index is 0.207. The van der Waals surface area contributed by atoms with E-state index >= 15 is 0 Å². The van der Waals surface area contributed by atoms with Crippen molar-refractivity contribution in [3.05, 3.63) is 34.4 Å². The van der Waals surface area contributed by atoms with Crippen LogP contribution < -0.4 is 5.73 Å². The van der Waals surface area contributed by atoms with E-state index in [2.05, 4.69) is 19.1 Å². The molecule has 1 aromatic rings. The fraction of sp³-hybridized carbons (Fsp3) is 0.533. The smallest absolute Gasteiger partial charge is 0.0994 e. The van der Waals surface area contributed by atoms with Crippen molar-refractivity contribution in [2.75, 3.05) is 0 Å². The predicted molar refractivity (Wildman–Crippen MR) is 69.6 cm³/mol. The molecule has 0 aromatic heterocycles. The van der Waals surface area contributed by atoms with Gasteiger partial charge in [0.2, 0.25) is 0 Å². The Labute approximate surface area is 103 Å². The van der Waals surface area contributed by atoms with E-state index in [9.17, 15) is 0 Å². The molecule has 0 bridgehead atoms. The van der Waals surface area contributed by atoms with Crippen LogP contribution in [-0.4, -0.2) is 0 Å². The van der Waals surface area contributed by atoms with E-state index in [4.69, 9.17) is 11.0 Å². The molecule has 0 spiro atoms. The van der Waals surface area contributed by atoms with E-state index in [-0.39, 0.29) is 5.54 Å². The molecule has 0 unspecified atom stereocenters. The second-order valence-corrected chi connectivity index (χ2v) is 5.31. The Bertz CT molecular complexity index is 463. The van der Waals surface area contributed by atoms with Crippen LogP contribution in [0.4, 0.5) is 0 Å². The summed E-state index contributed by atoms with van der Waals surface area (Å²) in [7, 11) is 0. The zero-order valence-corrected chi connectivity index (χ0v) is 10.7. The molecule has 2 nitrogen and oxygen atoms in total. The zero-order chi connectivity index (χ0) is 12.5. The van der Waals surface area contributed by atoms with Crippen LogP contribution in [-0.2, 0) is 5.54 Å². The highest BCUT2D eigenvalue weighted by Crippen LogP contribution is 2.37. The van der Waals surface area contributed by atoms with Gasteiger partial charge in [-0.3, -0.25) is 0 Å². The number of benzene rings is 1. The molecule has 0 atom stereocenters. The molecule has 1 aliphatic rings. The third-order valence-corrected chi connectivity index (χ3v) is 3.97. The van der Waals surface area contributed by atoms with Gasteiger partial charge in [0.05, 0.1) is 11.6 Å². The maximum Gasteiger partial charge on any atom is 0.0994 e. The van der Waals surface area contributed by atoms with Gasteiger partial charge in [-0.1, -0.05) is 25.3 Å². The van der Waals surface area contributed by atoms with Gasteiger partial charge >= 0.3 is 0 Å². The van der Waals surface area contributed by atoms with Crippen LogP contribution in [0.2, 0.25) is 0 Å². The molecule has 0 amide bonds. The highest BCUT2D eigenvalue weighted by molar-refractivity contribution is 5.46. The van der Waals surface area contributed by atoms with Crippen molar-refractivity contribution < 1.29 is 0 Å². The highest BCUT2D eigenvalue weighted by Gasteiger charge is 2.31. The summed E-state index contributed by atoms with van der Waals surface area (Å²) in [4.78, 5) is 0. The van der Waals surface area contributed by atoms with E-state index < -0.39 is 0 Å². The first-order chi connectivity index (χ1) is 8.07. The number of hydrogen-bond donors (Lipinski definition) is 1. The second-order valence-electron chi connectivity index (χ2n) is 5.31. The van der Waals surface area contributed by atoms with E-state index in [1.54, 1.807) is 0 Å². The van der Waals surface area contributed by atoms with Gasteiger partial charge in [-0.2, -0.15) is 5.26 Å². The van der Waals surface area contributed by atoms with Gasteiger partial charge in [-0.05, 0) is 49.4 Å². The molecular weight excluding hydrogens is 208 g/mol. The number of hydrogen-bond acceptors (Lipinski definition) is 2. The number of nitriles is 1. The Balaban J connectivity index is 2.47. The Kier molecular flexibility index (Phi) is 3.22. The lowest BCUT2D eigenvalue weighted by molar-refractivity contribution is 0.301. The van der Waals surface area contributed by atoms with E-state index in [1.165, 1.54) is 30.4 Å². The molecule has 1 aromatic carbocycles.